The number of hydrogen-bond acceptors (Lipinski definition) is 2. The molecule has 0 spiro atoms. The maximum Gasteiger partial charge on any atom is 0.329 e. The Morgan fingerprint density at radius 2 is 2.00 bits per heavy atom. The summed E-state index contributed by atoms with van der Waals surface area (Å²) in [5, 5.41) is 11.5. The molecule has 1 amide bonds. The van der Waals surface area contributed by atoms with E-state index in [1.54, 1.807) is 0 Å². The molecule has 2 rings (SSSR count). The molecule has 2 N–H and O–H groups in total. The molecule has 0 radical (unpaired) electrons. The fourth-order valence-corrected chi connectivity index (χ4v) is 1.92. The number of rotatable bonds is 1. The largest absolute Gasteiger partial charge is 0.478 e. The topological polar surface area (TPSA) is 66.4 Å². The van der Waals surface area contributed by atoms with Crippen molar-refractivity contribution in [2.45, 2.75) is 26.2 Å². The quantitative estimate of drug-likeness (QED) is 0.746. The van der Waals surface area contributed by atoms with Crippen molar-refractivity contribution < 1.29 is 14.7 Å². The van der Waals surface area contributed by atoms with Gasteiger partial charge in [0.25, 0.3) is 5.91 Å². The second-order valence-electron chi connectivity index (χ2n) is 5.36. The smallest absolute Gasteiger partial charge is 0.329 e. The van der Waals surface area contributed by atoms with Gasteiger partial charge in [0.05, 0.1) is 5.57 Å². The predicted octanol–water partition coefficient (Wildman–Crippen LogP) is 2.40. The second kappa shape index (κ2) is 3.98. The third-order valence-electron chi connectivity index (χ3n) is 2.94. The third-order valence-corrected chi connectivity index (χ3v) is 2.94. The van der Waals surface area contributed by atoms with Gasteiger partial charge in [-0.1, -0.05) is 26.8 Å². The Morgan fingerprint density at radius 3 is 2.56 bits per heavy atom. The minimum absolute atomic E-state index is 0.0466. The zero-order valence-corrected chi connectivity index (χ0v) is 10.6. The van der Waals surface area contributed by atoms with E-state index in [9.17, 15) is 9.59 Å². The summed E-state index contributed by atoms with van der Waals surface area (Å²) in [5.74, 6) is -1.48. The van der Waals surface area contributed by atoms with Crippen LogP contribution in [0, 0.1) is 0 Å². The van der Waals surface area contributed by atoms with Crippen LogP contribution in [0.1, 0.15) is 31.9 Å². The summed E-state index contributed by atoms with van der Waals surface area (Å²) in [7, 11) is 0. The van der Waals surface area contributed by atoms with Gasteiger partial charge in [-0.05, 0) is 23.1 Å². The van der Waals surface area contributed by atoms with Crippen molar-refractivity contribution in [3.05, 3.63) is 35.4 Å². The van der Waals surface area contributed by atoms with Crippen LogP contribution < -0.4 is 5.32 Å². The Labute approximate surface area is 105 Å². The highest BCUT2D eigenvalue weighted by atomic mass is 16.4. The molecule has 0 bridgehead atoms. The van der Waals surface area contributed by atoms with Crippen LogP contribution in [0.3, 0.4) is 0 Å². The number of carbonyl (C=O) groups is 2. The highest BCUT2D eigenvalue weighted by Gasteiger charge is 2.26. The van der Waals surface area contributed by atoms with Crippen molar-refractivity contribution >= 4 is 23.1 Å². The standard InChI is InChI=1S/C14H15NO3/c1-14(2,3)8-4-5-11-9(6-8)10(7-12(16)17)13(18)15-11/h4-7H,1-3H3,(H,15,18)(H,16,17)/b10-7-. The molecule has 1 aromatic carbocycles. The molecule has 1 aliphatic heterocycles. The average Bonchev–Trinajstić information content (AvgIpc) is 2.53. The Kier molecular flexibility index (Phi) is 2.73. The molecular formula is C14H15NO3. The summed E-state index contributed by atoms with van der Waals surface area (Å²) in [6.07, 6.45) is 0.952. The molecule has 0 fully saturated rings. The monoisotopic (exact) mass is 245 g/mol. The summed E-state index contributed by atoms with van der Waals surface area (Å²) >= 11 is 0. The number of carbonyl (C=O) groups excluding carboxylic acids is 1. The normalized spacial score (nSPS) is 16.6. The summed E-state index contributed by atoms with van der Waals surface area (Å²) in [6, 6.07) is 5.64. The highest BCUT2D eigenvalue weighted by molar-refractivity contribution is 6.33. The maximum absolute atomic E-state index is 11.7. The first kappa shape index (κ1) is 12.4. The molecule has 18 heavy (non-hydrogen) atoms. The van der Waals surface area contributed by atoms with Crippen LogP contribution in [0.2, 0.25) is 0 Å². The van der Waals surface area contributed by atoms with Gasteiger partial charge in [-0.25, -0.2) is 4.79 Å². The number of anilines is 1. The first-order valence-corrected chi connectivity index (χ1v) is 5.70. The molecule has 4 nitrogen and oxygen atoms in total. The lowest BCUT2D eigenvalue weighted by molar-refractivity contribution is -0.131. The first-order valence-electron chi connectivity index (χ1n) is 5.70. The van der Waals surface area contributed by atoms with E-state index in [0.717, 1.165) is 11.6 Å². The number of benzene rings is 1. The van der Waals surface area contributed by atoms with Gasteiger partial charge in [0.2, 0.25) is 0 Å². The number of fused-ring (bicyclic) bond motifs is 1. The average molecular weight is 245 g/mol. The zero-order valence-electron chi connectivity index (χ0n) is 10.6. The molecule has 0 saturated carbocycles. The van der Waals surface area contributed by atoms with Crippen molar-refractivity contribution in [2.24, 2.45) is 0 Å². The molecule has 1 heterocycles. The number of amides is 1. The van der Waals surface area contributed by atoms with E-state index in [-0.39, 0.29) is 16.9 Å². The third kappa shape index (κ3) is 2.14. The molecule has 0 unspecified atom stereocenters. The lowest BCUT2D eigenvalue weighted by Crippen LogP contribution is -2.11. The summed E-state index contributed by atoms with van der Waals surface area (Å²) in [5.41, 5.74) is 2.56. The number of carboxylic acid groups (broad SMARTS) is 1. The van der Waals surface area contributed by atoms with Crippen LogP contribution in [0.5, 0.6) is 0 Å². The maximum atomic E-state index is 11.7. The number of aliphatic carboxylic acids is 1. The van der Waals surface area contributed by atoms with Gasteiger partial charge in [0.15, 0.2) is 0 Å². The Hall–Kier alpha value is -2.10. The second-order valence-corrected chi connectivity index (χ2v) is 5.36. The highest BCUT2D eigenvalue weighted by Crippen LogP contribution is 2.35. The first-order chi connectivity index (χ1) is 8.29. The van der Waals surface area contributed by atoms with E-state index < -0.39 is 5.97 Å². The van der Waals surface area contributed by atoms with E-state index in [1.807, 2.05) is 18.2 Å². The van der Waals surface area contributed by atoms with Gasteiger partial charge in [-0.3, -0.25) is 4.79 Å². The Bertz CT molecular complexity index is 565. The van der Waals surface area contributed by atoms with Crippen LogP contribution >= 0.6 is 0 Å². The molecule has 0 saturated heterocycles. The molecule has 0 atom stereocenters. The van der Waals surface area contributed by atoms with Gasteiger partial charge in [0, 0.05) is 17.3 Å². The van der Waals surface area contributed by atoms with Crippen molar-refractivity contribution in [1.82, 2.24) is 0 Å². The van der Waals surface area contributed by atoms with Crippen LogP contribution in [-0.2, 0) is 15.0 Å². The van der Waals surface area contributed by atoms with Crippen LogP contribution in [0.4, 0.5) is 5.69 Å². The Balaban J connectivity index is 2.57. The minimum atomic E-state index is -1.12. The molecule has 1 aromatic rings. The molecule has 0 aromatic heterocycles. The van der Waals surface area contributed by atoms with E-state index in [2.05, 4.69) is 26.1 Å². The number of nitrogens with one attached hydrogen (secondary N) is 1. The van der Waals surface area contributed by atoms with Crippen LogP contribution in [0.25, 0.3) is 5.57 Å². The summed E-state index contributed by atoms with van der Waals surface area (Å²) in [4.78, 5) is 22.4. The van der Waals surface area contributed by atoms with Gasteiger partial charge >= 0.3 is 5.97 Å². The van der Waals surface area contributed by atoms with Gasteiger partial charge in [0.1, 0.15) is 0 Å². The molecule has 0 aliphatic carbocycles. The zero-order chi connectivity index (χ0) is 13.5. The van der Waals surface area contributed by atoms with Gasteiger partial charge < -0.3 is 10.4 Å². The predicted molar refractivity (Wildman–Crippen MR) is 69.4 cm³/mol. The number of carboxylic acids is 1. The van der Waals surface area contributed by atoms with E-state index in [0.29, 0.717) is 11.3 Å². The minimum Gasteiger partial charge on any atom is -0.478 e. The summed E-state index contributed by atoms with van der Waals surface area (Å²) in [6.45, 7) is 6.21. The molecular weight excluding hydrogens is 230 g/mol. The fraction of sp³-hybridized carbons (Fsp3) is 0.286. The van der Waals surface area contributed by atoms with Gasteiger partial charge in [-0.2, -0.15) is 0 Å². The van der Waals surface area contributed by atoms with Crippen molar-refractivity contribution in [3.8, 4) is 0 Å². The van der Waals surface area contributed by atoms with E-state index >= 15 is 0 Å². The fourth-order valence-electron chi connectivity index (χ4n) is 1.92. The van der Waals surface area contributed by atoms with Crippen molar-refractivity contribution in [2.75, 3.05) is 5.32 Å². The molecule has 1 aliphatic rings. The van der Waals surface area contributed by atoms with Crippen LogP contribution in [0.15, 0.2) is 24.3 Å². The van der Waals surface area contributed by atoms with E-state index in [1.165, 1.54) is 0 Å². The summed E-state index contributed by atoms with van der Waals surface area (Å²) < 4.78 is 0. The van der Waals surface area contributed by atoms with Crippen molar-refractivity contribution in [1.29, 1.82) is 0 Å². The van der Waals surface area contributed by atoms with E-state index in [4.69, 9.17) is 5.11 Å². The molecule has 94 valence electrons. The molecule has 4 heteroatoms. The Morgan fingerprint density at radius 1 is 1.33 bits per heavy atom. The van der Waals surface area contributed by atoms with Crippen molar-refractivity contribution in [3.63, 3.8) is 0 Å². The lowest BCUT2D eigenvalue weighted by atomic mass is 9.85. The number of hydrogen-bond donors (Lipinski definition) is 2. The van der Waals surface area contributed by atoms with Gasteiger partial charge in [-0.15, -0.1) is 0 Å². The van der Waals surface area contributed by atoms with Crippen LogP contribution in [-0.4, -0.2) is 17.0 Å². The SMILES string of the molecule is CC(C)(C)c1ccc2c(c1)/C(=C/C(=O)O)C(=O)N2. The lowest BCUT2D eigenvalue weighted by Gasteiger charge is -2.19.